The molecular formula is C9H19N3O4S. The van der Waals surface area contributed by atoms with Gasteiger partial charge in [-0.3, -0.25) is 4.79 Å². The van der Waals surface area contributed by atoms with Crippen molar-refractivity contribution < 1.29 is 18.3 Å². The van der Waals surface area contributed by atoms with Gasteiger partial charge in [0.25, 0.3) is 10.2 Å². The molecule has 1 heterocycles. The van der Waals surface area contributed by atoms with E-state index in [-0.39, 0.29) is 18.9 Å². The Bertz CT molecular complexity index is 360. The van der Waals surface area contributed by atoms with E-state index in [0.717, 1.165) is 4.31 Å². The van der Waals surface area contributed by atoms with Crippen molar-refractivity contribution in [3.63, 3.8) is 0 Å². The fourth-order valence-electron chi connectivity index (χ4n) is 1.65. The summed E-state index contributed by atoms with van der Waals surface area (Å²) in [5.41, 5.74) is 0. The Morgan fingerprint density at radius 3 is 2.18 bits per heavy atom. The highest BCUT2D eigenvalue weighted by atomic mass is 32.2. The summed E-state index contributed by atoms with van der Waals surface area (Å²) in [6.07, 6.45) is 0.0976. The number of aliphatic hydroxyl groups is 1. The third-order valence-electron chi connectivity index (χ3n) is 2.70. The molecule has 17 heavy (non-hydrogen) atoms. The Hall–Kier alpha value is -0.700. The Labute approximate surface area is 102 Å². The molecule has 0 spiro atoms. The molecule has 0 saturated carbocycles. The highest BCUT2D eigenvalue weighted by molar-refractivity contribution is 7.86. The summed E-state index contributed by atoms with van der Waals surface area (Å²) in [5, 5.41) is 8.66. The van der Waals surface area contributed by atoms with E-state index in [0.29, 0.717) is 26.2 Å². The predicted octanol–water partition coefficient (Wildman–Crippen LogP) is -1.68. The van der Waals surface area contributed by atoms with Gasteiger partial charge in [-0.15, -0.1) is 0 Å². The van der Waals surface area contributed by atoms with Crippen LogP contribution in [0.25, 0.3) is 0 Å². The molecule has 8 heteroatoms. The molecule has 1 rings (SSSR count). The predicted molar refractivity (Wildman–Crippen MR) is 62.5 cm³/mol. The van der Waals surface area contributed by atoms with E-state index in [9.17, 15) is 13.2 Å². The van der Waals surface area contributed by atoms with Gasteiger partial charge in [0.1, 0.15) is 0 Å². The second kappa shape index (κ2) is 5.76. The first kappa shape index (κ1) is 14.4. The Balaban J connectivity index is 2.54. The quantitative estimate of drug-likeness (QED) is 0.658. The highest BCUT2D eigenvalue weighted by Gasteiger charge is 2.29. The number of rotatable bonds is 4. The van der Waals surface area contributed by atoms with Gasteiger partial charge in [0, 0.05) is 46.7 Å². The van der Waals surface area contributed by atoms with Gasteiger partial charge in [-0.05, 0) is 0 Å². The molecular weight excluding hydrogens is 246 g/mol. The van der Waals surface area contributed by atoms with Crippen molar-refractivity contribution in [3.8, 4) is 0 Å². The molecule has 100 valence electrons. The number of piperazine rings is 1. The van der Waals surface area contributed by atoms with Crippen molar-refractivity contribution in [2.45, 2.75) is 6.42 Å². The lowest BCUT2D eigenvalue weighted by atomic mass is 10.3. The summed E-state index contributed by atoms with van der Waals surface area (Å²) in [6, 6.07) is 0. The molecule has 1 fully saturated rings. The molecule has 1 N–H and O–H groups in total. The van der Waals surface area contributed by atoms with E-state index in [4.69, 9.17) is 5.11 Å². The zero-order chi connectivity index (χ0) is 13.1. The zero-order valence-electron chi connectivity index (χ0n) is 10.2. The molecule has 1 aliphatic rings. The number of hydrogen-bond donors (Lipinski definition) is 1. The van der Waals surface area contributed by atoms with Crippen LogP contribution in [0.1, 0.15) is 6.42 Å². The van der Waals surface area contributed by atoms with Crippen LogP contribution in [0.15, 0.2) is 0 Å². The molecule has 0 atom stereocenters. The van der Waals surface area contributed by atoms with E-state index in [1.54, 1.807) is 4.90 Å². The maximum Gasteiger partial charge on any atom is 0.281 e. The summed E-state index contributed by atoms with van der Waals surface area (Å²) in [4.78, 5) is 13.1. The van der Waals surface area contributed by atoms with Gasteiger partial charge < -0.3 is 10.0 Å². The minimum absolute atomic E-state index is 0.0976. The van der Waals surface area contributed by atoms with Crippen LogP contribution in [0.3, 0.4) is 0 Å². The van der Waals surface area contributed by atoms with Crippen LogP contribution >= 0.6 is 0 Å². The molecule has 0 aromatic rings. The van der Waals surface area contributed by atoms with Crippen LogP contribution < -0.4 is 0 Å². The second-order valence-corrected chi connectivity index (χ2v) is 6.19. The minimum Gasteiger partial charge on any atom is -0.396 e. The summed E-state index contributed by atoms with van der Waals surface area (Å²) in [7, 11) is -0.413. The number of amides is 1. The second-order valence-electron chi connectivity index (χ2n) is 4.04. The molecule has 0 radical (unpaired) electrons. The maximum absolute atomic E-state index is 11.8. The molecule has 0 aromatic carbocycles. The van der Waals surface area contributed by atoms with Crippen LogP contribution in [0, 0.1) is 0 Å². The van der Waals surface area contributed by atoms with Crippen LogP contribution in [-0.2, 0) is 15.0 Å². The van der Waals surface area contributed by atoms with Crippen LogP contribution in [-0.4, -0.2) is 79.8 Å². The lowest BCUT2D eigenvalue weighted by Gasteiger charge is -2.35. The topological polar surface area (TPSA) is 81.2 Å². The minimum atomic E-state index is -3.38. The monoisotopic (exact) mass is 265 g/mol. The fraction of sp³-hybridized carbons (Fsp3) is 0.889. The highest BCUT2D eigenvalue weighted by Crippen LogP contribution is 2.10. The zero-order valence-corrected chi connectivity index (χ0v) is 11.0. The molecule has 0 bridgehead atoms. The third kappa shape index (κ3) is 3.38. The summed E-state index contributed by atoms with van der Waals surface area (Å²) in [6.45, 7) is 1.20. The van der Waals surface area contributed by atoms with Crippen molar-refractivity contribution in [2.75, 3.05) is 46.9 Å². The first-order valence-corrected chi connectivity index (χ1v) is 6.85. The lowest BCUT2D eigenvalue weighted by molar-refractivity contribution is -0.133. The number of carbonyl (C=O) groups excluding carboxylic acids is 1. The van der Waals surface area contributed by atoms with E-state index in [1.165, 1.54) is 18.4 Å². The van der Waals surface area contributed by atoms with Crippen molar-refractivity contribution in [1.29, 1.82) is 0 Å². The van der Waals surface area contributed by atoms with Gasteiger partial charge in [0.05, 0.1) is 6.61 Å². The fourth-order valence-corrected chi connectivity index (χ4v) is 2.74. The van der Waals surface area contributed by atoms with Gasteiger partial charge in [-0.2, -0.15) is 17.0 Å². The lowest BCUT2D eigenvalue weighted by Crippen LogP contribution is -2.53. The van der Waals surface area contributed by atoms with E-state index >= 15 is 0 Å². The number of hydrogen-bond acceptors (Lipinski definition) is 4. The molecule has 0 unspecified atom stereocenters. The maximum atomic E-state index is 11.8. The number of carbonyl (C=O) groups is 1. The average Bonchev–Trinajstić information content (AvgIpc) is 2.29. The van der Waals surface area contributed by atoms with Gasteiger partial charge in [-0.1, -0.05) is 0 Å². The van der Waals surface area contributed by atoms with Gasteiger partial charge in [0.2, 0.25) is 5.91 Å². The van der Waals surface area contributed by atoms with Crippen molar-refractivity contribution in [2.24, 2.45) is 0 Å². The molecule has 0 aliphatic carbocycles. The molecule has 0 aromatic heterocycles. The van der Waals surface area contributed by atoms with Gasteiger partial charge in [-0.25, -0.2) is 0 Å². The third-order valence-corrected chi connectivity index (χ3v) is 4.65. The van der Waals surface area contributed by atoms with E-state index < -0.39 is 10.2 Å². The van der Waals surface area contributed by atoms with Crippen LogP contribution in [0.2, 0.25) is 0 Å². The Morgan fingerprint density at radius 2 is 1.76 bits per heavy atom. The summed E-state index contributed by atoms with van der Waals surface area (Å²) < 4.78 is 26.1. The summed E-state index contributed by atoms with van der Waals surface area (Å²) >= 11 is 0. The molecule has 1 saturated heterocycles. The van der Waals surface area contributed by atoms with Crippen molar-refractivity contribution in [1.82, 2.24) is 13.5 Å². The molecule has 1 aliphatic heterocycles. The average molecular weight is 265 g/mol. The Morgan fingerprint density at radius 1 is 1.24 bits per heavy atom. The van der Waals surface area contributed by atoms with E-state index in [1.807, 2.05) is 0 Å². The van der Waals surface area contributed by atoms with Gasteiger partial charge >= 0.3 is 0 Å². The SMILES string of the molecule is CN(C)S(=O)(=O)N1CCN(C(=O)CCO)CC1. The van der Waals surface area contributed by atoms with Crippen LogP contribution in [0.4, 0.5) is 0 Å². The smallest absolute Gasteiger partial charge is 0.281 e. The first-order chi connectivity index (χ1) is 7.89. The standard InChI is InChI=1S/C9H19N3O4S/c1-10(2)17(15,16)12-6-4-11(5-7-12)9(14)3-8-13/h13H,3-8H2,1-2H3. The Kier molecular flexibility index (Phi) is 4.87. The van der Waals surface area contributed by atoms with Crippen LogP contribution in [0.5, 0.6) is 0 Å². The van der Waals surface area contributed by atoms with Gasteiger partial charge in [0.15, 0.2) is 0 Å². The first-order valence-electron chi connectivity index (χ1n) is 5.46. The van der Waals surface area contributed by atoms with Crippen molar-refractivity contribution in [3.05, 3.63) is 0 Å². The molecule has 7 nitrogen and oxygen atoms in total. The van der Waals surface area contributed by atoms with E-state index in [2.05, 4.69) is 0 Å². The van der Waals surface area contributed by atoms with Crippen molar-refractivity contribution >= 4 is 16.1 Å². The normalized spacial score (nSPS) is 18.7. The number of aliphatic hydroxyl groups excluding tert-OH is 1. The number of nitrogens with zero attached hydrogens (tertiary/aromatic N) is 3. The molecule has 1 amide bonds. The summed E-state index contributed by atoms with van der Waals surface area (Å²) in [5.74, 6) is -0.130. The largest absolute Gasteiger partial charge is 0.396 e.